The summed E-state index contributed by atoms with van der Waals surface area (Å²) in [5.41, 5.74) is 0. The van der Waals surface area contributed by atoms with E-state index in [1.54, 1.807) is 10.8 Å². The third kappa shape index (κ3) is 2.69. The number of aromatic nitrogens is 2. The van der Waals surface area contributed by atoms with Crippen LogP contribution in [0.25, 0.3) is 0 Å². The Hall–Kier alpha value is -0.580. The van der Waals surface area contributed by atoms with Crippen molar-refractivity contribution in [3.8, 4) is 0 Å². The lowest BCUT2D eigenvalue weighted by Crippen LogP contribution is -2.29. The largest absolute Gasteiger partial charge is 0.395 e. The SMILES string of the molecule is CC(CO)NCc1ncc(Cl)n1C. The van der Waals surface area contributed by atoms with E-state index < -0.39 is 0 Å². The minimum atomic E-state index is 0.0791. The van der Waals surface area contributed by atoms with Gasteiger partial charge in [0.1, 0.15) is 11.0 Å². The molecule has 1 unspecified atom stereocenters. The Morgan fingerprint density at radius 3 is 2.92 bits per heavy atom. The molecule has 0 radical (unpaired) electrons. The second-order valence-corrected chi connectivity index (χ2v) is 3.41. The van der Waals surface area contributed by atoms with Gasteiger partial charge in [-0.25, -0.2) is 4.98 Å². The topological polar surface area (TPSA) is 50.1 Å². The maximum absolute atomic E-state index is 8.77. The minimum absolute atomic E-state index is 0.0791. The van der Waals surface area contributed by atoms with E-state index in [-0.39, 0.29) is 12.6 Å². The molecule has 0 saturated carbocycles. The number of aliphatic hydroxyl groups excluding tert-OH is 1. The highest BCUT2D eigenvalue weighted by molar-refractivity contribution is 6.29. The lowest BCUT2D eigenvalue weighted by Gasteiger charge is -2.10. The quantitative estimate of drug-likeness (QED) is 0.751. The molecule has 13 heavy (non-hydrogen) atoms. The number of imidazole rings is 1. The van der Waals surface area contributed by atoms with Crippen molar-refractivity contribution in [2.45, 2.75) is 19.5 Å². The van der Waals surface area contributed by atoms with Crippen molar-refractivity contribution in [1.29, 1.82) is 0 Å². The molecule has 0 aliphatic heterocycles. The Morgan fingerprint density at radius 1 is 1.77 bits per heavy atom. The molecule has 0 aliphatic carbocycles. The lowest BCUT2D eigenvalue weighted by atomic mass is 10.3. The van der Waals surface area contributed by atoms with Gasteiger partial charge in [-0.05, 0) is 6.92 Å². The molecule has 4 nitrogen and oxygen atoms in total. The lowest BCUT2D eigenvalue weighted by molar-refractivity contribution is 0.250. The monoisotopic (exact) mass is 203 g/mol. The molecule has 0 spiro atoms. The van der Waals surface area contributed by atoms with Crippen LogP contribution < -0.4 is 5.32 Å². The van der Waals surface area contributed by atoms with Gasteiger partial charge in [-0.15, -0.1) is 0 Å². The minimum Gasteiger partial charge on any atom is -0.395 e. The van der Waals surface area contributed by atoms with Crippen LogP contribution in [-0.2, 0) is 13.6 Å². The molecular formula is C8H14ClN3O. The summed E-state index contributed by atoms with van der Waals surface area (Å²) in [5.74, 6) is 0.866. The standard InChI is InChI=1S/C8H14ClN3O/c1-6(5-13)10-4-8-11-3-7(9)12(8)2/h3,6,10,13H,4-5H2,1-2H3. The van der Waals surface area contributed by atoms with Gasteiger partial charge in [0.25, 0.3) is 0 Å². The number of rotatable bonds is 4. The number of nitrogens with zero attached hydrogens (tertiary/aromatic N) is 2. The molecule has 74 valence electrons. The van der Waals surface area contributed by atoms with E-state index >= 15 is 0 Å². The predicted octanol–water partition coefficient (Wildman–Crippen LogP) is 0.544. The van der Waals surface area contributed by atoms with Gasteiger partial charge >= 0.3 is 0 Å². The van der Waals surface area contributed by atoms with Gasteiger partial charge in [-0.2, -0.15) is 0 Å². The van der Waals surface area contributed by atoms with Gasteiger partial charge < -0.3 is 15.0 Å². The third-order valence-electron chi connectivity index (χ3n) is 1.91. The van der Waals surface area contributed by atoms with Gasteiger partial charge in [0, 0.05) is 13.1 Å². The summed E-state index contributed by atoms with van der Waals surface area (Å²) in [7, 11) is 1.86. The highest BCUT2D eigenvalue weighted by atomic mass is 35.5. The molecule has 0 aliphatic rings. The Bertz CT molecular complexity index is 274. The second-order valence-electron chi connectivity index (χ2n) is 3.02. The van der Waals surface area contributed by atoms with E-state index in [9.17, 15) is 0 Å². The maximum atomic E-state index is 8.77. The van der Waals surface area contributed by atoms with Gasteiger partial charge in [0.15, 0.2) is 0 Å². The molecule has 0 fully saturated rings. The van der Waals surface area contributed by atoms with E-state index in [1.165, 1.54) is 0 Å². The van der Waals surface area contributed by atoms with E-state index in [4.69, 9.17) is 16.7 Å². The number of aliphatic hydroxyl groups is 1. The molecule has 0 bridgehead atoms. The van der Waals surface area contributed by atoms with Gasteiger partial charge in [-0.3, -0.25) is 0 Å². The van der Waals surface area contributed by atoms with E-state index in [0.29, 0.717) is 11.7 Å². The van der Waals surface area contributed by atoms with Crippen molar-refractivity contribution in [2.24, 2.45) is 7.05 Å². The zero-order chi connectivity index (χ0) is 9.84. The summed E-state index contributed by atoms with van der Waals surface area (Å²) in [6, 6.07) is 0.0791. The van der Waals surface area contributed by atoms with Crippen LogP contribution in [0.3, 0.4) is 0 Å². The van der Waals surface area contributed by atoms with Crippen molar-refractivity contribution >= 4 is 11.6 Å². The molecule has 0 amide bonds. The van der Waals surface area contributed by atoms with Gasteiger partial charge in [-0.1, -0.05) is 11.6 Å². The molecule has 1 aromatic heterocycles. The Labute approximate surface area is 82.5 Å². The van der Waals surface area contributed by atoms with Crippen LogP contribution in [0.1, 0.15) is 12.7 Å². The Balaban J connectivity index is 2.50. The van der Waals surface area contributed by atoms with Crippen LogP contribution in [0.2, 0.25) is 5.15 Å². The van der Waals surface area contributed by atoms with Crippen LogP contribution in [-0.4, -0.2) is 27.3 Å². The summed E-state index contributed by atoms with van der Waals surface area (Å²) < 4.78 is 1.80. The number of nitrogens with one attached hydrogen (secondary N) is 1. The first-order valence-electron chi connectivity index (χ1n) is 4.15. The highest BCUT2D eigenvalue weighted by Gasteiger charge is 2.05. The second kappa shape index (κ2) is 4.60. The molecule has 2 N–H and O–H groups in total. The summed E-state index contributed by atoms with van der Waals surface area (Å²) >= 11 is 5.80. The fourth-order valence-corrected chi connectivity index (χ4v) is 1.06. The Kier molecular flexibility index (Phi) is 3.71. The van der Waals surface area contributed by atoms with Crippen molar-refractivity contribution in [3.63, 3.8) is 0 Å². The third-order valence-corrected chi connectivity index (χ3v) is 2.26. The first kappa shape index (κ1) is 10.5. The van der Waals surface area contributed by atoms with Crippen LogP contribution >= 0.6 is 11.6 Å². The van der Waals surface area contributed by atoms with Gasteiger partial charge in [0.2, 0.25) is 0 Å². The summed E-state index contributed by atoms with van der Waals surface area (Å²) in [4.78, 5) is 4.11. The number of halogens is 1. The molecule has 1 heterocycles. The molecule has 1 rings (SSSR count). The highest BCUT2D eigenvalue weighted by Crippen LogP contribution is 2.08. The smallest absolute Gasteiger partial charge is 0.128 e. The van der Waals surface area contributed by atoms with Crippen molar-refractivity contribution in [1.82, 2.24) is 14.9 Å². The molecule has 1 atom stereocenters. The molecule has 1 aromatic rings. The molecule has 5 heteroatoms. The van der Waals surface area contributed by atoms with Crippen molar-refractivity contribution in [3.05, 3.63) is 17.2 Å². The predicted molar refractivity (Wildman–Crippen MR) is 51.6 cm³/mol. The zero-order valence-corrected chi connectivity index (χ0v) is 8.54. The van der Waals surface area contributed by atoms with E-state index in [0.717, 1.165) is 5.82 Å². The van der Waals surface area contributed by atoms with Crippen LogP contribution in [0.15, 0.2) is 6.20 Å². The van der Waals surface area contributed by atoms with E-state index in [2.05, 4.69) is 10.3 Å². The fourth-order valence-electron chi connectivity index (χ4n) is 0.919. The molecular weight excluding hydrogens is 190 g/mol. The first-order valence-corrected chi connectivity index (χ1v) is 4.53. The van der Waals surface area contributed by atoms with Crippen LogP contribution in [0, 0.1) is 0 Å². The first-order chi connectivity index (χ1) is 6.15. The van der Waals surface area contributed by atoms with Crippen molar-refractivity contribution < 1.29 is 5.11 Å². The summed E-state index contributed by atoms with van der Waals surface area (Å²) in [5, 5.41) is 12.5. The average molecular weight is 204 g/mol. The van der Waals surface area contributed by atoms with Crippen LogP contribution in [0.4, 0.5) is 0 Å². The van der Waals surface area contributed by atoms with Crippen LogP contribution in [0.5, 0.6) is 0 Å². The summed E-state index contributed by atoms with van der Waals surface area (Å²) in [6.07, 6.45) is 1.61. The maximum Gasteiger partial charge on any atom is 0.128 e. The zero-order valence-electron chi connectivity index (χ0n) is 7.79. The number of hydrogen-bond acceptors (Lipinski definition) is 3. The van der Waals surface area contributed by atoms with Crippen molar-refractivity contribution in [2.75, 3.05) is 6.61 Å². The van der Waals surface area contributed by atoms with Gasteiger partial charge in [0.05, 0.1) is 19.3 Å². The average Bonchev–Trinajstić information content (AvgIpc) is 2.44. The fraction of sp³-hybridized carbons (Fsp3) is 0.625. The number of hydrogen-bond donors (Lipinski definition) is 2. The summed E-state index contributed by atoms with van der Waals surface area (Å²) in [6.45, 7) is 2.65. The molecule has 0 aromatic carbocycles. The van der Waals surface area contributed by atoms with E-state index in [1.807, 2.05) is 14.0 Å². The Morgan fingerprint density at radius 2 is 2.46 bits per heavy atom. The molecule has 0 saturated heterocycles. The normalized spacial score (nSPS) is 13.2.